The van der Waals surface area contributed by atoms with Crippen LogP contribution < -0.4 is 0 Å². The number of aryl methyl sites for hydroxylation is 1. The van der Waals surface area contributed by atoms with E-state index in [1.54, 1.807) is 0 Å². The fraction of sp³-hybridized carbons (Fsp3) is 0.0769. The molecule has 0 spiro atoms. The van der Waals surface area contributed by atoms with Gasteiger partial charge < -0.3 is 0 Å². The molecular formula is C13H12N2. The number of pyridine rings is 1. The van der Waals surface area contributed by atoms with Crippen molar-refractivity contribution in [1.82, 2.24) is 4.98 Å². The molecule has 1 aromatic heterocycles. The summed E-state index contributed by atoms with van der Waals surface area (Å²) >= 11 is 0. The standard InChI is InChI=1S/C13H12N2/c1-11-6-5-9-13(15-11)14-10-12-7-3-2-4-8-12/h2-10H,1H3/b14-10+. The summed E-state index contributed by atoms with van der Waals surface area (Å²) in [6.07, 6.45) is 1.82. The Balaban J connectivity index is 2.19. The quantitative estimate of drug-likeness (QED) is 0.677. The lowest BCUT2D eigenvalue weighted by molar-refractivity contribution is 1.18. The highest BCUT2D eigenvalue weighted by atomic mass is 14.9. The molecule has 0 N–H and O–H groups in total. The average Bonchev–Trinajstić information content (AvgIpc) is 2.28. The summed E-state index contributed by atoms with van der Waals surface area (Å²) in [6.45, 7) is 1.96. The minimum absolute atomic E-state index is 0.749. The summed E-state index contributed by atoms with van der Waals surface area (Å²) < 4.78 is 0. The zero-order valence-electron chi connectivity index (χ0n) is 8.59. The van der Waals surface area contributed by atoms with Crippen LogP contribution in [0.4, 0.5) is 5.82 Å². The summed E-state index contributed by atoms with van der Waals surface area (Å²) in [5, 5.41) is 0. The SMILES string of the molecule is Cc1cccc(/N=C/c2ccccc2)n1. The van der Waals surface area contributed by atoms with Crippen molar-refractivity contribution < 1.29 is 0 Å². The van der Waals surface area contributed by atoms with Crippen molar-refractivity contribution in [3.05, 3.63) is 59.8 Å². The lowest BCUT2D eigenvalue weighted by Gasteiger charge is -1.94. The van der Waals surface area contributed by atoms with E-state index in [1.807, 2.05) is 61.7 Å². The first kappa shape index (κ1) is 9.59. The Kier molecular flexibility index (Phi) is 2.88. The minimum atomic E-state index is 0.749. The molecule has 0 fully saturated rings. The largest absolute Gasteiger partial charge is 0.237 e. The predicted molar refractivity (Wildman–Crippen MR) is 62.7 cm³/mol. The third-order valence-electron chi connectivity index (χ3n) is 2.02. The predicted octanol–water partition coefficient (Wildman–Crippen LogP) is 3.14. The molecule has 1 heterocycles. The Morgan fingerprint density at radius 2 is 1.80 bits per heavy atom. The van der Waals surface area contributed by atoms with Crippen LogP contribution in [0, 0.1) is 6.92 Å². The molecule has 0 saturated heterocycles. The average molecular weight is 196 g/mol. The Morgan fingerprint density at radius 3 is 2.53 bits per heavy atom. The first-order chi connectivity index (χ1) is 7.34. The number of aromatic nitrogens is 1. The molecule has 1 aromatic carbocycles. The number of aliphatic imine (C=N–C) groups is 1. The molecule has 0 unspecified atom stereocenters. The summed E-state index contributed by atoms with van der Waals surface area (Å²) in [7, 11) is 0. The maximum atomic E-state index is 4.30. The second-order valence-electron chi connectivity index (χ2n) is 3.31. The summed E-state index contributed by atoms with van der Waals surface area (Å²) in [4.78, 5) is 8.59. The van der Waals surface area contributed by atoms with Crippen molar-refractivity contribution in [3.8, 4) is 0 Å². The fourth-order valence-corrected chi connectivity index (χ4v) is 1.28. The summed E-state index contributed by atoms with van der Waals surface area (Å²) in [5.74, 6) is 0.749. The van der Waals surface area contributed by atoms with Crippen molar-refractivity contribution in [2.75, 3.05) is 0 Å². The molecule has 2 aromatic rings. The van der Waals surface area contributed by atoms with Gasteiger partial charge in [0.15, 0.2) is 5.82 Å². The van der Waals surface area contributed by atoms with Crippen molar-refractivity contribution in [3.63, 3.8) is 0 Å². The maximum Gasteiger partial charge on any atom is 0.152 e. The van der Waals surface area contributed by atoms with Crippen LogP contribution in [-0.2, 0) is 0 Å². The lowest BCUT2D eigenvalue weighted by Crippen LogP contribution is -1.81. The molecule has 0 bridgehead atoms. The zero-order chi connectivity index (χ0) is 10.5. The van der Waals surface area contributed by atoms with Crippen molar-refractivity contribution >= 4 is 12.0 Å². The van der Waals surface area contributed by atoms with Gasteiger partial charge in [0.25, 0.3) is 0 Å². The number of hydrogen-bond acceptors (Lipinski definition) is 2. The van der Waals surface area contributed by atoms with Gasteiger partial charge in [0, 0.05) is 11.9 Å². The fourth-order valence-electron chi connectivity index (χ4n) is 1.28. The van der Waals surface area contributed by atoms with Crippen LogP contribution in [0.3, 0.4) is 0 Å². The first-order valence-corrected chi connectivity index (χ1v) is 4.87. The van der Waals surface area contributed by atoms with E-state index in [4.69, 9.17) is 0 Å². The second kappa shape index (κ2) is 4.51. The van der Waals surface area contributed by atoms with Crippen LogP contribution in [0.15, 0.2) is 53.5 Å². The van der Waals surface area contributed by atoms with Crippen LogP contribution in [0.25, 0.3) is 0 Å². The molecule has 0 saturated carbocycles. The molecule has 2 rings (SSSR count). The molecule has 2 heteroatoms. The van der Waals surface area contributed by atoms with E-state index in [9.17, 15) is 0 Å². The van der Waals surface area contributed by atoms with Gasteiger partial charge >= 0.3 is 0 Å². The van der Waals surface area contributed by atoms with E-state index in [-0.39, 0.29) is 0 Å². The monoisotopic (exact) mass is 196 g/mol. The molecule has 0 aliphatic carbocycles. The third kappa shape index (κ3) is 2.74. The van der Waals surface area contributed by atoms with E-state index in [1.165, 1.54) is 0 Å². The van der Waals surface area contributed by atoms with E-state index in [0.29, 0.717) is 0 Å². The van der Waals surface area contributed by atoms with E-state index in [0.717, 1.165) is 17.1 Å². The Hall–Kier alpha value is -1.96. The van der Waals surface area contributed by atoms with Gasteiger partial charge in [0.05, 0.1) is 0 Å². The molecule has 0 radical (unpaired) electrons. The Morgan fingerprint density at radius 1 is 1.00 bits per heavy atom. The van der Waals surface area contributed by atoms with Gasteiger partial charge in [-0.05, 0) is 24.6 Å². The number of benzene rings is 1. The highest BCUT2D eigenvalue weighted by Crippen LogP contribution is 2.07. The van der Waals surface area contributed by atoms with E-state index >= 15 is 0 Å². The third-order valence-corrected chi connectivity index (χ3v) is 2.02. The number of nitrogens with zero attached hydrogens (tertiary/aromatic N) is 2. The molecular weight excluding hydrogens is 184 g/mol. The molecule has 0 aliphatic rings. The van der Waals surface area contributed by atoms with Gasteiger partial charge in [-0.25, -0.2) is 9.98 Å². The topological polar surface area (TPSA) is 25.2 Å². The van der Waals surface area contributed by atoms with Crippen LogP contribution in [0.2, 0.25) is 0 Å². The molecule has 0 aliphatic heterocycles. The van der Waals surface area contributed by atoms with Crippen molar-refractivity contribution in [1.29, 1.82) is 0 Å². The second-order valence-corrected chi connectivity index (χ2v) is 3.31. The van der Waals surface area contributed by atoms with Gasteiger partial charge in [-0.3, -0.25) is 0 Å². The van der Waals surface area contributed by atoms with E-state index < -0.39 is 0 Å². The lowest BCUT2D eigenvalue weighted by atomic mass is 10.2. The van der Waals surface area contributed by atoms with Crippen molar-refractivity contribution in [2.45, 2.75) is 6.92 Å². The Labute approximate surface area is 89.3 Å². The molecule has 74 valence electrons. The number of rotatable bonds is 2. The van der Waals surface area contributed by atoms with E-state index in [2.05, 4.69) is 9.98 Å². The molecule has 0 amide bonds. The van der Waals surface area contributed by atoms with Crippen molar-refractivity contribution in [2.24, 2.45) is 4.99 Å². The maximum absolute atomic E-state index is 4.30. The molecule has 2 nitrogen and oxygen atoms in total. The first-order valence-electron chi connectivity index (χ1n) is 4.87. The van der Waals surface area contributed by atoms with Gasteiger partial charge in [-0.1, -0.05) is 36.4 Å². The molecule has 15 heavy (non-hydrogen) atoms. The summed E-state index contributed by atoms with van der Waals surface area (Å²) in [5.41, 5.74) is 2.07. The highest BCUT2D eigenvalue weighted by Gasteiger charge is 1.90. The van der Waals surface area contributed by atoms with Crippen LogP contribution in [0.1, 0.15) is 11.3 Å². The smallest absolute Gasteiger partial charge is 0.152 e. The minimum Gasteiger partial charge on any atom is -0.237 e. The van der Waals surface area contributed by atoms with Crippen LogP contribution in [0.5, 0.6) is 0 Å². The normalized spacial score (nSPS) is 10.7. The van der Waals surface area contributed by atoms with Gasteiger partial charge in [0.1, 0.15) is 0 Å². The Bertz CT molecular complexity index is 461. The summed E-state index contributed by atoms with van der Waals surface area (Å²) in [6, 6.07) is 15.8. The van der Waals surface area contributed by atoms with Gasteiger partial charge in [-0.2, -0.15) is 0 Å². The highest BCUT2D eigenvalue weighted by molar-refractivity contribution is 5.81. The van der Waals surface area contributed by atoms with Crippen LogP contribution in [-0.4, -0.2) is 11.2 Å². The zero-order valence-corrected chi connectivity index (χ0v) is 8.59. The van der Waals surface area contributed by atoms with Gasteiger partial charge in [0.2, 0.25) is 0 Å². The molecule has 0 atom stereocenters. The number of hydrogen-bond donors (Lipinski definition) is 0. The van der Waals surface area contributed by atoms with Crippen LogP contribution >= 0.6 is 0 Å². The van der Waals surface area contributed by atoms with Gasteiger partial charge in [-0.15, -0.1) is 0 Å².